The average Bonchev–Trinajstić information content (AvgIpc) is 3.22. The number of amides is 1. The van der Waals surface area contributed by atoms with Gasteiger partial charge in [0.05, 0.1) is 10.7 Å². The van der Waals surface area contributed by atoms with Gasteiger partial charge in [-0.3, -0.25) is 9.59 Å². The van der Waals surface area contributed by atoms with Gasteiger partial charge in [-0.15, -0.1) is 11.3 Å². The van der Waals surface area contributed by atoms with Crippen molar-refractivity contribution >= 4 is 23.2 Å². The molecule has 3 rings (SSSR count). The molecule has 120 valence electrons. The lowest BCUT2D eigenvalue weighted by Crippen LogP contribution is -2.37. The molecule has 2 aliphatic carbocycles. The van der Waals surface area contributed by atoms with Gasteiger partial charge in [-0.25, -0.2) is 4.98 Å². The third-order valence-corrected chi connectivity index (χ3v) is 5.74. The lowest BCUT2D eigenvalue weighted by atomic mass is 9.87. The van der Waals surface area contributed by atoms with E-state index >= 15 is 0 Å². The highest BCUT2D eigenvalue weighted by Gasteiger charge is 2.56. The van der Waals surface area contributed by atoms with E-state index in [4.69, 9.17) is 10.1 Å². The molecule has 0 spiro atoms. The molecule has 0 radical (unpaired) electrons. The Hall–Kier alpha value is -1.43. The Morgan fingerprint density at radius 1 is 1.32 bits per heavy atom. The van der Waals surface area contributed by atoms with Crippen LogP contribution in [-0.4, -0.2) is 28.5 Å². The molecule has 0 unspecified atom stereocenters. The van der Waals surface area contributed by atoms with Crippen LogP contribution in [0.4, 0.5) is 0 Å². The average molecular weight is 322 g/mol. The van der Waals surface area contributed by atoms with Crippen molar-refractivity contribution in [2.75, 3.05) is 6.54 Å². The lowest BCUT2D eigenvalue weighted by molar-refractivity contribution is -0.149. The standard InChI is InChI=1S/C16H22N2O3S/c19-14(16(7-8-16)15(20)21)17-9-6-13-18-12(10-22-13)11-4-2-1-3-5-11/h10-11H,1-9H2,(H,17,19)(H,20,21). The molecule has 22 heavy (non-hydrogen) atoms. The van der Waals surface area contributed by atoms with Crippen molar-refractivity contribution in [2.24, 2.45) is 5.41 Å². The molecule has 6 heteroatoms. The minimum absolute atomic E-state index is 0.343. The van der Waals surface area contributed by atoms with Crippen molar-refractivity contribution in [2.45, 2.75) is 57.3 Å². The first-order valence-electron chi connectivity index (χ1n) is 8.08. The topological polar surface area (TPSA) is 79.3 Å². The van der Waals surface area contributed by atoms with E-state index in [1.54, 1.807) is 11.3 Å². The van der Waals surface area contributed by atoms with Crippen molar-refractivity contribution in [3.63, 3.8) is 0 Å². The van der Waals surface area contributed by atoms with Crippen LogP contribution < -0.4 is 5.32 Å². The number of hydrogen-bond acceptors (Lipinski definition) is 4. The van der Waals surface area contributed by atoms with Crippen LogP contribution in [-0.2, 0) is 16.0 Å². The first kappa shape index (κ1) is 15.5. The Morgan fingerprint density at radius 3 is 2.68 bits per heavy atom. The van der Waals surface area contributed by atoms with Crippen LogP contribution in [0.5, 0.6) is 0 Å². The molecule has 1 aromatic rings. The number of aromatic nitrogens is 1. The second-order valence-electron chi connectivity index (χ2n) is 6.39. The number of carboxylic acids is 1. The predicted octanol–water partition coefficient (Wildman–Crippen LogP) is 2.71. The maximum Gasteiger partial charge on any atom is 0.319 e. The van der Waals surface area contributed by atoms with Gasteiger partial charge in [0.2, 0.25) is 5.91 Å². The fourth-order valence-corrected chi connectivity index (χ4v) is 4.02. The fourth-order valence-electron chi connectivity index (χ4n) is 3.14. The zero-order valence-electron chi connectivity index (χ0n) is 12.6. The highest BCUT2D eigenvalue weighted by molar-refractivity contribution is 7.09. The summed E-state index contributed by atoms with van der Waals surface area (Å²) in [6.45, 7) is 0.464. The van der Waals surface area contributed by atoms with E-state index in [1.807, 2.05) is 0 Å². The van der Waals surface area contributed by atoms with Crippen molar-refractivity contribution in [1.82, 2.24) is 10.3 Å². The van der Waals surface area contributed by atoms with Gasteiger partial charge in [-0.05, 0) is 25.7 Å². The van der Waals surface area contributed by atoms with Crippen molar-refractivity contribution in [1.29, 1.82) is 0 Å². The molecule has 2 N–H and O–H groups in total. The molecular formula is C16H22N2O3S. The second-order valence-corrected chi connectivity index (χ2v) is 7.34. The zero-order valence-corrected chi connectivity index (χ0v) is 13.5. The van der Waals surface area contributed by atoms with Crippen LogP contribution in [0.15, 0.2) is 5.38 Å². The van der Waals surface area contributed by atoms with Crippen molar-refractivity contribution < 1.29 is 14.7 Å². The fraction of sp³-hybridized carbons (Fsp3) is 0.688. The molecule has 2 saturated carbocycles. The van der Waals surface area contributed by atoms with Gasteiger partial charge in [0.25, 0.3) is 0 Å². The van der Waals surface area contributed by atoms with Crippen LogP contribution in [0.25, 0.3) is 0 Å². The summed E-state index contributed by atoms with van der Waals surface area (Å²) in [6, 6.07) is 0. The summed E-state index contributed by atoms with van der Waals surface area (Å²) in [5.41, 5.74) is 0.0612. The second kappa shape index (κ2) is 6.36. The SMILES string of the molecule is O=C(O)C1(C(=O)NCCc2nc(C3CCCCC3)cs2)CC1. The third-order valence-electron chi connectivity index (χ3n) is 4.81. The normalized spacial score (nSPS) is 20.5. The smallest absolute Gasteiger partial charge is 0.319 e. The molecule has 1 heterocycles. The van der Waals surface area contributed by atoms with Crippen molar-refractivity contribution in [3.8, 4) is 0 Å². The summed E-state index contributed by atoms with van der Waals surface area (Å²) in [5, 5.41) is 15.0. The van der Waals surface area contributed by atoms with E-state index in [0.29, 0.717) is 31.7 Å². The van der Waals surface area contributed by atoms with E-state index < -0.39 is 11.4 Å². The molecule has 0 saturated heterocycles. The third kappa shape index (κ3) is 3.16. The quantitative estimate of drug-likeness (QED) is 0.789. The Balaban J connectivity index is 1.47. The summed E-state index contributed by atoms with van der Waals surface area (Å²) in [5.74, 6) is -0.738. The molecule has 2 fully saturated rings. The van der Waals surface area contributed by atoms with E-state index in [1.165, 1.54) is 37.8 Å². The summed E-state index contributed by atoms with van der Waals surface area (Å²) < 4.78 is 0. The minimum atomic E-state index is -1.14. The first-order valence-corrected chi connectivity index (χ1v) is 8.96. The molecule has 0 bridgehead atoms. The largest absolute Gasteiger partial charge is 0.480 e. The first-order chi connectivity index (χ1) is 10.6. The molecule has 0 atom stereocenters. The predicted molar refractivity (Wildman–Crippen MR) is 84.0 cm³/mol. The van der Waals surface area contributed by atoms with E-state index in [-0.39, 0.29) is 5.91 Å². The van der Waals surface area contributed by atoms with Crippen LogP contribution >= 0.6 is 11.3 Å². The van der Waals surface area contributed by atoms with Gasteiger partial charge >= 0.3 is 5.97 Å². The van der Waals surface area contributed by atoms with Crippen LogP contribution in [0.2, 0.25) is 0 Å². The molecule has 0 aromatic carbocycles. The van der Waals surface area contributed by atoms with E-state index in [0.717, 1.165) is 5.01 Å². The van der Waals surface area contributed by atoms with E-state index in [9.17, 15) is 9.59 Å². The number of nitrogens with one attached hydrogen (secondary N) is 1. The number of nitrogens with zero attached hydrogens (tertiary/aromatic N) is 1. The minimum Gasteiger partial charge on any atom is -0.480 e. The van der Waals surface area contributed by atoms with Crippen molar-refractivity contribution in [3.05, 3.63) is 16.1 Å². The lowest BCUT2D eigenvalue weighted by Gasteiger charge is -2.19. The Labute approximate surface area is 134 Å². The molecule has 1 amide bonds. The van der Waals surface area contributed by atoms with Gasteiger partial charge < -0.3 is 10.4 Å². The maximum absolute atomic E-state index is 11.9. The van der Waals surface area contributed by atoms with Gasteiger partial charge in [0.1, 0.15) is 5.41 Å². The number of hydrogen-bond donors (Lipinski definition) is 2. The highest BCUT2D eigenvalue weighted by atomic mass is 32.1. The number of thiazole rings is 1. The summed E-state index contributed by atoms with van der Waals surface area (Å²) in [4.78, 5) is 27.7. The van der Waals surface area contributed by atoms with Crippen LogP contribution in [0, 0.1) is 5.41 Å². The number of carbonyl (C=O) groups is 2. The summed E-state index contributed by atoms with van der Waals surface area (Å²) >= 11 is 1.65. The molecule has 2 aliphatic rings. The van der Waals surface area contributed by atoms with E-state index in [2.05, 4.69) is 10.7 Å². The van der Waals surface area contributed by atoms with Gasteiger partial charge in [0, 0.05) is 24.3 Å². The van der Waals surface area contributed by atoms with Crippen LogP contribution in [0.1, 0.15) is 61.6 Å². The zero-order chi connectivity index (χ0) is 15.6. The number of aliphatic carboxylic acids is 1. The summed E-state index contributed by atoms with van der Waals surface area (Å²) in [6.07, 6.45) is 8.00. The summed E-state index contributed by atoms with van der Waals surface area (Å²) in [7, 11) is 0. The van der Waals surface area contributed by atoms with Crippen LogP contribution in [0.3, 0.4) is 0 Å². The molecule has 5 nitrogen and oxygen atoms in total. The molecular weight excluding hydrogens is 300 g/mol. The Morgan fingerprint density at radius 2 is 2.05 bits per heavy atom. The Bertz CT molecular complexity index is 559. The molecule has 0 aliphatic heterocycles. The Kier molecular flexibility index (Phi) is 4.47. The number of rotatable bonds is 6. The maximum atomic E-state index is 11.9. The number of carbonyl (C=O) groups excluding carboxylic acids is 1. The number of carboxylic acid groups (broad SMARTS) is 1. The van der Waals surface area contributed by atoms with Gasteiger partial charge in [-0.2, -0.15) is 0 Å². The van der Waals surface area contributed by atoms with Gasteiger partial charge in [0.15, 0.2) is 0 Å². The van der Waals surface area contributed by atoms with Gasteiger partial charge in [-0.1, -0.05) is 19.3 Å². The monoisotopic (exact) mass is 322 g/mol. The molecule has 1 aromatic heterocycles. The highest BCUT2D eigenvalue weighted by Crippen LogP contribution is 2.46.